The van der Waals surface area contributed by atoms with E-state index >= 15 is 0 Å². The SMILES string of the molecule is CN(CCOc1cccc(CNC(=O)CNC(=O)c2ccc(Cl)cc2Cl)c1)C1CCOCC1. The van der Waals surface area contributed by atoms with Gasteiger partial charge in [0.2, 0.25) is 5.91 Å². The Kier molecular flexibility index (Phi) is 9.81. The van der Waals surface area contributed by atoms with Gasteiger partial charge in [0.25, 0.3) is 5.91 Å². The lowest BCUT2D eigenvalue weighted by Gasteiger charge is -2.31. The number of carbonyl (C=O) groups is 2. The Morgan fingerprint density at radius 3 is 2.67 bits per heavy atom. The first kappa shape index (κ1) is 25.3. The van der Waals surface area contributed by atoms with E-state index in [4.69, 9.17) is 32.7 Å². The van der Waals surface area contributed by atoms with Crippen molar-refractivity contribution in [2.45, 2.75) is 25.4 Å². The van der Waals surface area contributed by atoms with Gasteiger partial charge in [-0.15, -0.1) is 0 Å². The molecule has 1 fully saturated rings. The summed E-state index contributed by atoms with van der Waals surface area (Å²) in [6.45, 7) is 3.23. The normalized spacial score (nSPS) is 14.2. The van der Waals surface area contributed by atoms with Crippen molar-refractivity contribution < 1.29 is 19.1 Å². The number of ether oxygens (including phenoxy) is 2. The lowest BCUT2D eigenvalue weighted by atomic mass is 10.1. The smallest absolute Gasteiger partial charge is 0.253 e. The van der Waals surface area contributed by atoms with Crippen molar-refractivity contribution in [3.63, 3.8) is 0 Å². The second-order valence-electron chi connectivity index (χ2n) is 7.90. The van der Waals surface area contributed by atoms with E-state index in [9.17, 15) is 9.59 Å². The van der Waals surface area contributed by atoms with Crippen LogP contribution >= 0.6 is 23.2 Å². The number of halogens is 2. The van der Waals surface area contributed by atoms with E-state index < -0.39 is 5.91 Å². The molecule has 33 heavy (non-hydrogen) atoms. The van der Waals surface area contributed by atoms with Crippen molar-refractivity contribution in [2.75, 3.05) is 40.0 Å². The number of hydrogen-bond acceptors (Lipinski definition) is 5. The zero-order chi connectivity index (χ0) is 23.6. The Morgan fingerprint density at radius 1 is 1.12 bits per heavy atom. The zero-order valence-corrected chi connectivity index (χ0v) is 20.1. The fraction of sp³-hybridized carbons (Fsp3) is 0.417. The Bertz CT molecular complexity index is 951. The molecule has 1 aliphatic rings. The van der Waals surface area contributed by atoms with Crippen molar-refractivity contribution in [1.29, 1.82) is 0 Å². The summed E-state index contributed by atoms with van der Waals surface area (Å²) < 4.78 is 11.3. The number of likely N-dealkylation sites (N-methyl/N-ethyl adjacent to an activating group) is 1. The first-order chi connectivity index (χ1) is 15.9. The molecule has 0 bridgehead atoms. The predicted molar refractivity (Wildman–Crippen MR) is 129 cm³/mol. The molecule has 2 N–H and O–H groups in total. The third-order valence-electron chi connectivity index (χ3n) is 5.50. The van der Waals surface area contributed by atoms with E-state index in [1.54, 1.807) is 6.07 Å². The first-order valence-corrected chi connectivity index (χ1v) is 11.7. The topological polar surface area (TPSA) is 79.9 Å². The highest BCUT2D eigenvalue weighted by Crippen LogP contribution is 2.20. The summed E-state index contributed by atoms with van der Waals surface area (Å²) in [6.07, 6.45) is 2.11. The molecular weight excluding hydrogens is 465 g/mol. The molecule has 0 atom stereocenters. The average molecular weight is 494 g/mol. The fourth-order valence-electron chi connectivity index (χ4n) is 3.55. The van der Waals surface area contributed by atoms with Crippen LogP contribution in [0.5, 0.6) is 5.75 Å². The quantitative estimate of drug-likeness (QED) is 0.529. The number of hydrogen-bond donors (Lipinski definition) is 2. The van der Waals surface area contributed by atoms with Crippen molar-refractivity contribution in [3.8, 4) is 5.75 Å². The van der Waals surface area contributed by atoms with Gasteiger partial charge in [-0.25, -0.2) is 0 Å². The summed E-state index contributed by atoms with van der Waals surface area (Å²) in [5, 5.41) is 6.02. The van der Waals surface area contributed by atoms with E-state index in [1.807, 2.05) is 24.3 Å². The minimum Gasteiger partial charge on any atom is -0.492 e. The summed E-state index contributed by atoms with van der Waals surface area (Å²) in [4.78, 5) is 26.7. The molecule has 0 unspecified atom stereocenters. The predicted octanol–water partition coefficient (Wildman–Crippen LogP) is 3.53. The molecule has 2 aromatic carbocycles. The van der Waals surface area contributed by atoms with Gasteiger partial charge >= 0.3 is 0 Å². The second-order valence-corrected chi connectivity index (χ2v) is 8.75. The van der Waals surface area contributed by atoms with Crippen molar-refractivity contribution in [2.24, 2.45) is 0 Å². The first-order valence-electron chi connectivity index (χ1n) is 10.9. The monoisotopic (exact) mass is 493 g/mol. The van der Waals surface area contributed by atoms with Gasteiger partial charge in [0, 0.05) is 37.4 Å². The van der Waals surface area contributed by atoms with Gasteiger partial charge < -0.3 is 20.1 Å². The molecule has 1 heterocycles. The van der Waals surface area contributed by atoms with Crippen LogP contribution in [0.4, 0.5) is 0 Å². The summed E-state index contributed by atoms with van der Waals surface area (Å²) in [7, 11) is 2.12. The Balaban J connectivity index is 1.38. The standard InChI is InChI=1S/C24H29Cl2N3O4/c1-29(19-7-10-32-11-8-19)9-12-33-20-4-2-3-17(13-20)15-27-23(30)16-28-24(31)21-6-5-18(25)14-22(21)26/h2-6,13-14,19H,7-12,15-16H2,1H3,(H,27,30)(H,28,31). The maximum absolute atomic E-state index is 12.2. The molecule has 0 aliphatic carbocycles. The highest BCUT2D eigenvalue weighted by atomic mass is 35.5. The number of nitrogens with one attached hydrogen (secondary N) is 2. The third kappa shape index (κ3) is 8.19. The number of rotatable bonds is 10. The molecule has 1 saturated heterocycles. The summed E-state index contributed by atoms with van der Waals surface area (Å²) in [5.41, 5.74) is 1.17. The molecule has 2 aromatic rings. The van der Waals surface area contributed by atoms with Gasteiger partial charge in [0.1, 0.15) is 12.4 Å². The van der Waals surface area contributed by atoms with Crippen LogP contribution < -0.4 is 15.4 Å². The molecule has 9 heteroatoms. The average Bonchev–Trinajstić information content (AvgIpc) is 2.82. The molecule has 0 radical (unpaired) electrons. The number of carbonyl (C=O) groups excluding carboxylic acids is 2. The highest BCUT2D eigenvalue weighted by molar-refractivity contribution is 6.36. The molecule has 0 spiro atoms. The second kappa shape index (κ2) is 12.8. The molecule has 178 valence electrons. The van der Waals surface area contributed by atoms with Gasteiger partial charge in [0.05, 0.1) is 17.1 Å². The largest absolute Gasteiger partial charge is 0.492 e. The van der Waals surface area contributed by atoms with Crippen LogP contribution in [-0.2, 0) is 16.1 Å². The van der Waals surface area contributed by atoms with E-state index in [0.717, 1.165) is 43.9 Å². The number of amides is 2. The summed E-state index contributed by atoms with van der Waals surface area (Å²) in [6, 6.07) is 12.7. The Labute approximate surface area is 204 Å². The van der Waals surface area contributed by atoms with Crippen LogP contribution in [0.25, 0.3) is 0 Å². The molecule has 0 aromatic heterocycles. The van der Waals surface area contributed by atoms with Gasteiger partial charge in [-0.2, -0.15) is 0 Å². The molecular formula is C24H29Cl2N3O4. The highest BCUT2D eigenvalue weighted by Gasteiger charge is 2.18. The van der Waals surface area contributed by atoms with Crippen LogP contribution in [0.2, 0.25) is 10.0 Å². The molecule has 1 aliphatic heterocycles. The Hall–Kier alpha value is -2.32. The lowest BCUT2D eigenvalue weighted by molar-refractivity contribution is -0.120. The number of nitrogens with zero attached hydrogens (tertiary/aromatic N) is 1. The molecule has 3 rings (SSSR count). The maximum atomic E-state index is 12.2. The van der Waals surface area contributed by atoms with E-state index in [0.29, 0.717) is 24.2 Å². The molecule has 0 saturated carbocycles. The van der Waals surface area contributed by atoms with E-state index in [2.05, 4.69) is 22.6 Å². The Morgan fingerprint density at radius 2 is 1.91 bits per heavy atom. The van der Waals surface area contributed by atoms with Crippen LogP contribution in [0.15, 0.2) is 42.5 Å². The van der Waals surface area contributed by atoms with Crippen LogP contribution in [0.1, 0.15) is 28.8 Å². The molecule has 2 amide bonds. The van der Waals surface area contributed by atoms with Gasteiger partial charge in [-0.05, 0) is 55.8 Å². The van der Waals surface area contributed by atoms with Crippen molar-refractivity contribution in [3.05, 3.63) is 63.6 Å². The summed E-state index contributed by atoms with van der Waals surface area (Å²) >= 11 is 11.9. The van der Waals surface area contributed by atoms with Gasteiger partial charge in [-0.3, -0.25) is 14.5 Å². The summed E-state index contributed by atoms with van der Waals surface area (Å²) in [5.74, 6) is 0.0126. The minimum atomic E-state index is -0.437. The maximum Gasteiger partial charge on any atom is 0.253 e. The van der Waals surface area contributed by atoms with E-state index in [1.165, 1.54) is 12.1 Å². The van der Waals surface area contributed by atoms with Gasteiger partial charge in [-0.1, -0.05) is 35.3 Å². The van der Waals surface area contributed by atoms with Crippen LogP contribution in [0, 0.1) is 0 Å². The van der Waals surface area contributed by atoms with Crippen molar-refractivity contribution >= 4 is 35.0 Å². The third-order valence-corrected chi connectivity index (χ3v) is 6.05. The number of benzene rings is 2. The van der Waals surface area contributed by atoms with Crippen LogP contribution in [0.3, 0.4) is 0 Å². The van der Waals surface area contributed by atoms with Crippen molar-refractivity contribution in [1.82, 2.24) is 15.5 Å². The fourth-order valence-corrected chi connectivity index (χ4v) is 4.05. The lowest BCUT2D eigenvalue weighted by Crippen LogP contribution is -2.38. The minimum absolute atomic E-state index is 0.160. The van der Waals surface area contributed by atoms with Gasteiger partial charge in [0.15, 0.2) is 0 Å². The zero-order valence-electron chi connectivity index (χ0n) is 18.6. The van der Waals surface area contributed by atoms with Crippen LogP contribution in [-0.4, -0.2) is 62.7 Å². The van der Waals surface area contributed by atoms with E-state index in [-0.39, 0.29) is 23.0 Å². The molecule has 7 nitrogen and oxygen atoms in total.